The Morgan fingerprint density at radius 1 is 0.721 bits per heavy atom. The van der Waals surface area contributed by atoms with Crippen LogP contribution in [0.2, 0.25) is 0 Å². The zero-order valence-electron chi connectivity index (χ0n) is 26.4. The molecule has 6 rings (SSSR count). The molecule has 3 heteroatoms. The average molecular weight is 685 g/mol. The molecule has 0 fully saturated rings. The van der Waals surface area contributed by atoms with E-state index in [1.807, 2.05) is 0 Å². The molecule has 5 aromatic carbocycles. The van der Waals surface area contributed by atoms with Crippen molar-refractivity contribution >= 4 is 24.8 Å². The van der Waals surface area contributed by atoms with Crippen LogP contribution in [-0.4, -0.2) is 3.21 Å². The van der Waals surface area contributed by atoms with E-state index in [0.29, 0.717) is 11.8 Å². The van der Waals surface area contributed by atoms with E-state index in [1.54, 1.807) is 0 Å². The molecule has 1 atom stereocenters. The Hall–Kier alpha value is -2.44. The molecule has 0 radical (unpaired) electrons. The summed E-state index contributed by atoms with van der Waals surface area (Å²) in [6.07, 6.45) is 7.90. The molecule has 43 heavy (non-hydrogen) atoms. The number of halogens is 2. The van der Waals surface area contributed by atoms with Crippen LogP contribution in [0.1, 0.15) is 56.9 Å². The summed E-state index contributed by atoms with van der Waals surface area (Å²) in [7, 11) is 0. The third-order valence-corrected chi connectivity index (χ3v) is 8.93. The van der Waals surface area contributed by atoms with Gasteiger partial charge in [0.1, 0.15) is 0 Å². The van der Waals surface area contributed by atoms with Gasteiger partial charge in [-0.2, -0.15) is 11.6 Å². The van der Waals surface area contributed by atoms with E-state index in [0.717, 1.165) is 0 Å². The van der Waals surface area contributed by atoms with Crippen molar-refractivity contribution in [3.8, 4) is 0 Å². The molecule has 0 saturated carbocycles. The number of rotatable bonds is 3. The normalized spacial score (nSPS) is 13.7. The van der Waals surface area contributed by atoms with Gasteiger partial charge in [-0.25, -0.2) is 6.08 Å². The number of hydrogen-bond donors (Lipinski definition) is 0. The minimum absolute atomic E-state index is 0. The minimum atomic E-state index is 0. The topological polar surface area (TPSA) is 0 Å². The molecule has 0 heterocycles. The molecule has 222 valence electrons. The summed E-state index contributed by atoms with van der Waals surface area (Å²) in [4.78, 5) is 0. The zero-order chi connectivity index (χ0) is 29.6. The molecule has 0 aliphatic heterocycles. The first kappa shape index (κ1) is 36.8. The molecule has 0 aromatic heterocycles. The van der Waals surface area contributed by atoms with Crippen LogP contribution in [0.4, 0.5) is 0 Å². The standard InChI is InChI=1S/C15H13.C13H10.C12H19.2ClH.Zr/c1-10-3-5-14-12(7-10)9-13-8-11(2)4-6-15(13)14;1-3-7-12(8-4-1)11-13-9-5-2-6-10-13;1-9(2)10-6-7-11(8-10)12(3,4)5;;;/h3-9H,1-2H3;1-10H;7-10H,1-5H3;2*1H;/q-1;;-1;;;+2/p-2. The molecule has 0 nitrogen and oxygen atoms in total. The first-order chi connectivity index (χ1) is 19.5. The van der Waals surface area contributed by atoms with Crippen molar-refractivity contribution in [3.63, 3.8) is 0 Å². The molecule has 1 unspecified atom stereocenters. The van der Waals surface area contributed by atoms with Crippen LogP contribution in [-0.2, 0) is 24.2 Å². The molecular weight excluding hydrogens is 643 g/mol. The van der Waals surface area contributed by atoms with Crippen molar-refractivity contribution in [1.29, 1.82) is 0 Å². The first-order valence-electron chi connectivity index (χ1n) is 14.6. The summed E-state index contributed by atoms with van der Waals surface area (Å²) >= 11 is 1.46. The van der Waals surface area contributed by atoms with Crippen molar-refractivity contribution in [3.05, 3.63) is 149 Å². The molecule has 0 saturated heterocycles. The van der Waals surface area contributed by atoms with Crippen molar-refractivity contribution in [2.45, 2.75) is 48.5 Å². The Kier molecular flexibility index (Phi) is 14.2. The summed E-state index contributed by atoms with van der Waals surface area (Å²) in [5, 5.41) is 5.46. The molecule has 1 aliphatic rings. The van der Waals surface area contributed by atoms with E-state index in [1.165, 1.54) is 76.8 Å². The second-order valence-electron chi connectivity index (χ2n) is 12.4. The van der Waals surface area contributed by atoms with Gasteiger partial charge in [0.2, 0.25) is 0 Å². The van der Waals surface area contributed by atoms with Gasteiger partial charge in [0.15, 0.2) is 0 Å². The Bertz CT molecular complexity index is 1570. The number of benzene rings is 4. The second kappa shape index (κ2) is 16.6. The van der Waals surface area contributed by atoms with Gasteiger partial charge in [0, 0.05) is 0 Å². The molecule has 5 aromatic rings. The molecule has 0 amide bonds. The maximum absolute atomic E-state index is 3.40. The maximum atomic E-state index is 3.40. The van der Waals surface area contributed by atoms with Gasteiger partial charge in [0.25, 0.3) is 0 Å². The molecule has 1 aliphatic carbocycles. The first-order valence-corrected chi connectivity index (χ1v) is 15.8. The molecule has 0 spiro atoms. The van der Waals surface area contributed by atoms with E-state index in [2.05, 4.69) is 170 Å². The van der Waals surface area contributed by atoms with Crippen molar-refractivity contribution in [2.75, 3.05) is 0 Å². The Morgan fingerprint density at radius 3 is 1.51 bits per heavy atom. The third-order valence-electron chi connectivity index (χ3n) is 7.51. The zero-order valence-corrected chi connectivity index (χ0v) is 30.4. The van der Waals surface area contributed by atoms with Gasteiger partial charge in [-0.3, -0.25) is 6.08 Å². The average Bonchev–Trinajstić information content (AvgIpc) is 3.59. The van der Waals surface area contributed by atoms with E-state index in [4.69, 9.17) is 0 Å². The van der Waals surface area contributed by atoms with Crippen LogP contribution in [0.25, 0.3) is 21.5 Å². The van der Waals surface area contributed by atoms with Gasteiger partial charge in [-0.1, -0.05) is 87.3 Å². The van der Waals surface area contributed by atoms with E-state index >= 15 is 0 Å². The van der Waals surface area contributed by atoms with E-state index in [9.17, 15) is 0 Å². The fourth-order valence-corrected chi connectivity index (χ4v) is 5.78. The number of aryl methyl sites for hydroxylation is 2. The van der Waals surface area contributed by atoms with E-state index in [-0.39, 0.29) is 30.2 Å². The van der Waals surface area contributed by atoms with Crippen molar-refractivity contribution in [2.24, 2.45) is 17.3 Å². The van der Waals surface area contributed by atoms with Gasteiger partial charge in [-0.05, 0) is 13.8 Å². The number of fused-ring (bicyclic) bond motifs is 3. The second-order valence-corrected chi connectivity index (χ2v) is 13.6. The summed E-state index contributed by atoms with van der Waals surface area (Å²) < 4.78 is 1.42. The predicted molar refractivity (Wildman–Crippen MR) is 176 cm³/mol. The SMILES string of the molecule is CC(C)C1[C-]=CC(C(C)(C)C)=C1.Cc1ccc2c(c1)[cH-]c1cc(C)ccc12.[Cl-].[Cl-].[Zr+2]=[C](c1ccccc1)c1ccccc1. The van der Waals surface area contributed by atoms with Gasteiger partial charge >= 0.3 is 99.2 Å². The Morgan fingerprint density at radius 2 is 1.16 bits per heavy atom. The monoisotopic (exact) mass is 682 g/mol. The Balaban J connectivity index is 0.000000222. The van der Waals surface area contributed by atoms with Crippen molar-refractivity contribution < 1.29 is 49.0 Å². The van der Waals surface area contributed by atoms with E-state index < -0.39 is 0 Å². The summed E-state index contributed by atoms with van der Waals surface area (Å²) in [6, 6.07) is 36.7. The van der Waals surface area contributed by atoms with Gasteiger partial charge in [-0.15, -0.1) is 39.7 Å². The van der Waals surface area contributed by atoms with Crippen LogP contribution in [0.5, 0.6) is 0 Å². The quantitative estimate of drug-likeness (QED) is 0.241. The molecular formula is C40H42Cl2Zr-2. The fourth-order valence-electron chi connectivity index (χ4n) is 4.96. The van der Waals surface area contributed by atoms with Crippen molar-refractivity contribution in [1.82, 2.24) is 0 Å². The molecule has 0 N–H and O–H groups in total. The fraction of sp³-hybridized carbons (Fsp3) is 0.250. The van der Waals surface area contributed by atoms with Gasteiger partial charge < -0.3 is 24.8 Å². The van der Waals surface area contributed by atoms with Crippen LogP contribution in [0.3, 0.4) is 0 Å². The predicted octanol–water partition coefficient (Wildman–Crippen LogP) is 4.74. The summed E-state index contributed by atoms with van der Waals surface area (Å²) in [6.45, 7) is 15.5. The number of hydrogen-bond acceptors (Lipinski definition) is 0. The van der Waals surface area contributed by atoms with Crippen LogP contribution >= 0.6 is 0 Å². The third kappa shape index (κ3) is 10.0. The van der Waals surface area contributed by atoms with Gasteiger partial charge in [0.05, 0.1) is 0 Å². The van der Waals surface area contributed by atoms with Crippen LogP contribution in [0, 0.1) is 37.2 Å². The number of allylic oxidation sites excluding steroid dienone is 4. The van der Waals surface area contributed by atoms with Crippen LogP contribution < -0.4 is 24.8 Å². The summed E-state index contributed by atoms with van der Waals surface area (Å²) in [5.41, 5.74) is 7.04. The molecule has 0 bridgehead atoms. The van der Waals surface area contributed by atoms with Crippen LogP contribution in [0.15, 0.2) is 121 Å². The summed E-state index contributed by atoms with van der Waals surface area (Å²) in [5.74, 6) is 1.22. The Labute approximate surface area is 286 Å².